The number of hydrogen-bond acceptors (Lipinski definition) is 2. The van der Waals surface area contributed by atoms with E-state index >= 15 is 0 Å². The Balaban J connectivity index is 2.27. The predicted octanol–water partition coefficient (Wildman–Crippen LogP) is 4.80. The lowest BCUT2D eigenvalue weighted by Gasteiger charge is -2.16. The highest BCUT2D eigenvalue weighted by atomic mass is 79.9. The van der Waals surface area contributed by atoms with Crippen LogP contribution in [0.2, 0.25) is 0 Å². The molecule has 0 fully saturated rings. The summed E-state index contributed by atoms with van der Waals surface area (Å²) in [5, 5.41) is 10.5. The van der Waals surface area contributed by atoms with E-state index in [0.717, 1.165) is 31.4 Å². The van der Waals surface area contributed by atoms with Gasteiger partial charge in [0.25, 0.3) is 0 Å². The summed E-state index contributed by atoms with van der Waals surface area (Å²) in [6.07, 6.45) is -0.0308. The minimum Gasteiger partial charge on any atom is -0.496 e. The van der Waals surface area contributed by atoms with Gasteiger partial charge in [0.2, 0.25) is 0 Å². The van der Waals surface area contributed by atoms with Crippen molar-refractivity contribution < 1.29 is 9.84 Å². The second-order valence-electron chi connectivity index (χ2n) is 4.68. The van der Waals surface area contributed by atoms with Gasteiger partial charge in [-0.25, -0.2) is 0 Å². The van der Waals surface area contributed by atoms with E-state index < -0.39 is 6.10 Å². The summed E-state index contributed by atoms with van der Waals surface area (Å²) in [5.41, 5.74) is 2.99. The molecule has 1 N–H and O–H groups in total. The third-order valence-electron chi connectivity index (χ3n) is 3.25. The highest BCUT2D eigenvalue weighted by Gasteiger charge is 2.14. The lowest BCUT2D eigenvalue weighted by Crippen LogP contribution is -2.05. The molecule has 0 radical (unpaired) electrons. The van der Waals surface area contributed by atoms with E-state index in [1.165, 1.54) is 0 Å². The lowest BCUT2D eigenvalue weighted by atomic mass is 9.97. The first kappa shape index (κ1) is 15.5. The van der Waals surface area contributed by atoms with E-state index in [1.807, 2.05) is 43.3 Å². The summed E-state index contributed by atoms with van der Waals surface area (Å²) in [6, 6.07) is 11.7. The number of aliphatic hydroxyl groups is 1. The van der Waals surface area contributed by atoms with E-state index in [0.29, 0.717) is 6.42 Å². The van der Waals surface area contributed by atoms with Crippen molar-refractivity contribution in [2.24, 2.45) is 0 Å². The average molecular weight is 400 g/mol. The van der Waals surface area contributed by atoms with Crippen molar-refractivity contribution in [1.29, 1.82) is 0 Å². The van der Waals surface area contributed by atoms with Crippen LogP contribution in [0.25, 0.3) is 0 Å². The Kier molecular flexibility index (Phi) is 5.24. The number of aryl methyl sites for hydroxylation is 1. The van der Waals surface area contributed by atoms with Gasteiger partial charge in [-0.1, -0.05) is 37.9 Å². The molecule has 0 bridgehead atoms. The molecule has 1 atom stereocenters. The van der Waals surface area contributed by atoms with Crippen LogP contribution in [0, 0.1) is 6.92 Å². The van der Waals surface area contributed by atoms with Gasteiger partial charge >= 0.3 is 0 Å². The number of rotatable bonds is 4. The molecule has 0 spiro atoms. The molecule has 0 aliphatic rings. The second kappa shape index (κ2) is 6.74. The van der Waals surface area contributed by atoms with Gasteiger partial charge in [-0.15, -0.1) is 0 Å². The van der Waals surface area contributed by atoms with E-state index in [2.05, 4.69) is 31.9 Å². The minimum absolute atomic E-state index is 0.519. The smallest absolute Gasteiger partial charge is 0.122 e. The Labute approximate surface area is 136 Å². The third-order valence-corrected chi connectivity index (χ3v) is 4.23. The van der Waals surface area contributed by atoms with Crippen molar-refractivity contribution in [2.45, 2.75) is 19.4 Å². The molecule has 0 heterocycles. The lowest BCUT2D eigenvalue weighted by molar-refractivity contribution is 0.176. The number of benzene rings is 2. The molecule has 4 heteroatoms. The number of aliphatic hydroxyl groups excluding tert-OH is 1. The van der Waals surface area contributed by atoms with Crippen LogP contribution < -0.4 is 4.74 Å². The molecule has 2 aromatic carbocycles. The molecule has 0 saturated carbocycles. The van der Waals surface area contributed by atoms with E-state index in [-0.39, 0.29) is 0 Å². The van der Waals surface area contributed by atoms with Crippen LogP contribution in [-0.2, 0) is 6.42 Å². The molecule has 0 aromatic heterocycles. The van der Waals surface area contributed by atoms with Crippen LogP contribution in [0.15, 0.2) is 45.3 Å². The number of halogens is 2. The van der Waals surface area contributed by atoms with Crippen LogP contribution in [0.5, 0.6) is 5.75 Å². The summed E-state index contributed by atoms with van der Waals surface area (Å²) in [6.45, 7) is 2.00. The van der Waals surface area contributed by atoms with Crippen molar-refractivity contribution in [3.05, 3.63) is 62.0 Å². The summed E-state index contributed by atoms with van der Waals surface area (Å²) in [7, 11) is 1.64. The molecule has 20 heavy (non-hydrogen) atoms. The number of ether oxygens (including phenoxy) is 1. The van der Waals surface area contributed by atoms with Crippen LogP contribution in [0.3, 0.4) is 0 Å². The Morgan fingerprint density at radius 3 is 2.40 bits per heavy atom. The topological polar surface area (TPSA) is 29.5 Å². The quantitative estimate of drug-likeness (QED) is 0.799. The maximum atomic E-state index is 10.5. The highest BCUT2D eigenvalue weighted by Crippen LogP contribution is 2.29. The molecule has 0 saturated heterocycles. The van der Waals surface area contributed by atoms with Gasteiger partial charge < -0.3 is 9.84 Å². The van der Waals surface area contributed by atoms with Crippen molar-refractivity contribution in [2.75, 3.05) is 7.11 Å². The van der Waals surface area contributed by atoms with Gasteiger partial charge in [-0.2, -0.15) is 0 Å². The Bertz CT molecular complexity index is 611. The Morgan fingerprint density at radius 2 is 1.75 bits per heavy atom. The van der Waals surface area contributed by atoms with Gasteiger partial charge in [0.1, 0.15) is 5.75 Å². The number of hydrogen-bond donors (Lipinski definition) is 1. The first-order valence-corrected chi connectivity index (χ1v) is 7.86. The molecule has 0 amide bonds. The van der Waals surface area contributed by atoms with Gasteiger partial charge in [-0.05, 0) is 53.9 Å². The predicted molar refractivity (Wildman–Crippen MR) is 88.2 cm³/mol. The van der Waals surface area contributed by atoms with Gasteiger partial charge in [0.05, 0.1) is 13.2 Å². The molecule has 106 valence electrons. The molecule has 2 aromatic rings. The van der Waals surface area contributed by atoms with Crippen molar-refractivity contribution in [1.82, 2.24) is 0 Å². The fourth-order valence-electron chi connectivity index (χ4n) is 2.24. The van der Waals surface area contributed by atoms with E-state index in [9.17, 15) is 5.11 Å². The monoisotopic (exact) mass is 398 g/mol. The Hall–Kier alpha value is -0.840. The third kappa shape index (κ3) is 3.62. The summed E-state index contributed by atoms with van der Waals surface area (Å²) >= 11 is 6.89. The maximum absolute atomic E-state index is 10.5. The van der Waals surface area contributed by atoms with Crippen molar-refractivity contribution in [3.8, 4) is 5.75 Å². The molecular formula is C16H16Br2O2. The van der Waals surface area contributed by atoms with Gasteiger partial charge in [-0.3, -0.25) is 0 Å². The van der Waals surface area contributed by atoms with Crippen molar-refractivity contribution in [3.63, 3.8) is 0 Å². The highest BCUT2D eigenvalue weighted by molar-refractivity contribution is 9.10. The number of methoxy groups -OCH3 is 1. The summed E-state index contributed by atoms with van der Waals surface area (Å²) < 4.78 is 7.35. The summed E-state index contributed by atoms with van der Waals surface area (Å²) in [4.78, 5) is 0. The van der Waals surface area contributed by atoms with Crippen LogP contribution in [0.1, 0.15) is 22.8 Å². The maximum Gasteiger partial charge on any atom is 0.122 e. The molecular weight excluding hydrogens is 384 g/mol. The van der Waals surface area contributed by atoms with Crippen LogP contribution >= 0.6 is 31.9 Å². The van der Waals surface area contributed by atoms with E-state index in [4.69, 9.17) is 4.74 Å². The fourth-order valence-corrected chi connectivity index (χ4v) is 3.12. The SMILES string of the molecule is COc1ccc(Br)cc1CC(O)c1ccc(Br)cc1C. The summed E-state index contributed by atoms with van der Waals surface area (Å²) in [5.74, 6) is 0.794. The molecule has 2 rings (SSSR count). The first-order chi connectivity index (χ1) is 9.51. The Morgan fingerprint density at radius 1 is 1.10 bits per heavy atom. The van der Waals surface area contributed by atoms with Crippen LogP contribution in [-0.4, -0.2) is 12.2 Å². The molecule has 0 aliphatic heterocycles. The zero-order chi connectivity index (χ0) is 14.7. The largest absolute Gasteiger partial charge is 0.496 e. The standard InChI is InChI=1S/C16H16Br2O2/c1-10-7-12(17)3-5-14(10)15(19)9-11-8-13(18)4-6-16(11)20-2/h3-8,15,19H,9H2,1-2H3. The van der Waals surface area contributed by atoms with Crippen LogP contribution in [0.4, 0.5) is 0 Å². The van der Waals surface area contributed by atoms with Gasteiger partial charge in [0, 0.05) is 15.4 Å². The second-order valence-corrected chi connectivity index (χ2v) is 6.51. The fraction of sp³-hybridized carbons (Fsp3) is 0.250. The van der Waals surface area contributed by atoms with Gasteiger partial charge in [0.15, 0.2) is 0 Å². The zero-order valence-corrected chi connectivity index (χ0v) is 14.5. The normalized spacial score (nSPS) is 12.2. The zero-order valence-electron chi connectivity index (χ0n) is 11.4. The first-order valence-electron chi connectivity index (χ1n) is 6.28. The molecule has 0 aliphatic carbocycles. The van der Waals surface area contributed by atoms with E-state index in [1.54, 1.807) is 7.11 Å². The minimum atomic E-state index is -0.550. The average Bonchev–Trinajstić information content (AvgIpc) is 2.38. The van der Waals surface area contributed by atoms with Crippen molar-refractivity contribution >= 4 is 31.9 Å². The molecule has 1 unspecified atom stereocenters. The molecule has 2 nitrogen and oxygen atoms in total.